The average Bonchev–Trinajstić information content (AvgIpc) is 3.08. The molecule has 3 aromatic rings. The van der Waals surface area contributed by atoms with Crippen molar-refractivity contribution < 1.29 is 4.79 Å². The van der Waals surface area contributed by atoms with Crippen molar-refractivity contribution in [1.29, 1.82) is 0 Å². The first kappa shape index (κ1) is 21.7. The summed E-state index contributed by atoms with van der Waals surface area (Å²) in [4.78, 5) is 21.6. The normalized spacial score (nSPS) is 11.0. The van der Waals surface area contributed by atoms with Gasteiger partial charge >= 0.3 is 0 Å². The maximum absolute atomic E-state index is 12.4. The molecule has 2 N–H and O–H groups in total. The molecule has 0 unspecified atom stereocenters. The number of rotatable bonds is 9. The zero-order valence-electron chi connectivity index (χ0n) is 16.2. The smallest absolute Gasteiger partial charge is 0.251 e. The Morgan fingerprint density at radius 2 is 1.90 bits per heavy atom. The van der Waals surface area contributed by atoms with Gasteiger partial charge < -0.3 is 10.6 Å². The maximum atomic E-state index is 12.4. The summed E-state index contributed by atoms with van der Waals surface area (Å²) in [5.41, 5.74) is 1.16. The van der Waals surface area contributed by atoms with Crippen LogP contribution in [0.4, 0.5) is 5.82 Å². The Morgan fingerprint density at radius 1 is 1.14 bits per heavy atom. The lowest BCUT2D eigenvalue weighted by Crippen LogP contribution is -2.27. The van der Waals surface area contributed by atoms with Crippen LogP contribution in [0.3, 0.4) is 0 Å². The number of hydrogen-bond donors (Lipinski definition) is 2. The van der Waals surface area contributed by atoms with E-state index in [0.717, 1.165) is 35.6 Å². The van der Waals surface area contributed by atoms with Gasteiger partial charge in [-0.1, -0.05) is 48.8 Å². The summed E-state index contributed by atoms with van der Waals surface area (Å²) < 4.78 is 1.78. The van der Waals surface area contributed by atoms with E-state index in [-0.39, 0.29) is 5.91 Å². The fourth-order valence-corrected chi connectivity index (χ4v) is 3.82. The summed E-state index contributed by atoms with van der Waals surface area (Å²) in [6.45, 7) is 5.85. The summed E-state index contributed by atoms with van der Waals surface area (Å²) in [5, 5.41) is 13.1. The second-order valence-corrected chi connectivity index (χ2v) is 8.34. The van der Waals surface area contributed by atoms with Crippen LogP contribution >= 0.6 is 35.0 Å². The van der Waals surface area contributed by atoms with Crippen molar-refractivity contribution in [2.24, 2.45) is 0 Å². The number of amides is 1. The van der Waals surface area contributed by atoms with Crippen molar-refractivity contribution in [3.63, 3.8) is 0 Å². The molecular weight excluding hydrogens is 431 g/mol. The molecular formula is C19H22Cl2N6OS. The SMILES string of the molecule is CCCNc1nc(SCC)nc2c1cnn2CCNC(=O)c1cc(Cl)cc(Cl)c1. The lowest BCUT2D eigenvalue weighted by molar-refractivity contribution is 0.0952. The largest absolute Gasteiger partial charge is 0.369 e. The highest BCUT2D eigenvalue weighted by Crippen LogP contribution is 2.24. The number of fused-ring (bicyclic) bond motifs is 1. The van der Waals surface area contributed by atoms with E-state index in [4.69, 9.17) is 23.2 Å². The topological polar surface area (TPSA) is 84.7 Å². The number of halogens is 2. The first-order chi connectivity index (χ1) is 14.0. The Labute approximate surface area is 183 Å². The predicted octanol–water partition coefficient (Wildman–Crippen LogP) is 4.50. The average molecular weight is 453 g/mol. The Hall–Kier alpha value is -2.03. The number of anilines is 1. The molecule has 0 aliphatic carbocycles. The summed E-state index contributed by atoms with van der Waals surface area (Å²) >= 11 is 13.5. The molecule has 0 saturated carbocycles. The lowest BCUT2D eigenvalue weighted by atomic mass is 10.2. The minimum absolute atomic E-state index is 0.243. The molecule has 0 radical (unpaired) electrons. The van der Waals surface area contributed by atoms with Gasteiger partial charge in [-0.3, -0.25) is 4.79 Å². The summed E-state index contributed by atoms with van der Waals surface area (Å²) in [6, 6.07) is 4.75. The van der Waals surface area contributed by atoms with E-state index >= 15 is 0 Å². The number of hydrogen-bond acceptors (Lipinski definition) is 6. The second-order valence-electron chi connectivity index (χ2n) is 6.23. The van der Waals surface area contributed by atoms with Crippen LogP contribution in [0.5, 0.6) is 0 Å². The molecule has 2 heterocycles. The third-order valence-electron chi connectivity index (χ3n) is 4.03. The summed E-state index contributed by atoms with van der Waals surface area (Å²) in [6.07, 6.45) is 2.75. The fraction of sp³-hybridized carbons (Fsp3) is 0.368. The van der Waals surface area contributed by atoms with E-state index in [1.54, 1.807) is 40.8 Å². The zero-order valence-corrected chi connectivity index (χ0v) is 18.5. The van der Waals surface area contributed by atoms with Gasteiger partial charge in [0.25, 0.3) is 5.91 Å². The highest BCUT2D eigenvalue weighted by molar-refractivity contribution is 7.99. The molecule has 10 heteroatoms. The van der Waals surface area contributed by atoms with Crippen LogP contribution in [0.2, 0.25) is 10.0 Å². The summed E-state index contributed by atoms with van der Waals surface area (Å²) in [7, 11) is 0. The molecule has 0 bridgehead atoms. The van der Waals surface area contributed by atoms with Gasteiger partial charge in [-0.05, 0) is 30.4 Å². The van der Waals surface area contributed by atoms with Gasteiger partial charge in [0.05, 0.1) is 18.1 Å². The van der Waals surface area contributed by atoms with Gasteiger partial charge in [-0.25, -0.2) is 14.6 Å². The number of benzene rings is 1. The van der Waals surface area contributed by atoms with E-state index in [9.17, 15) is 4.79 Å². The Morgan fingerprint density at radius 3 is 2.59 bits per heavy atom. The Bertz CT molecular complexity index is 990. The van der Waals surface area contributed by atoms with E-state index in [1.807, 2.05) is 0 Å². The van der Waals surface area contributed by atoms with Crippen LogP contribution in [0.15, 0.2) is 29.6 Å². The van der Waals surface area contributed by atoms with Crippen molar-refractivity contribution in [3.8, 4) is 0 Å². The summed E-state index contributed by atoms with van der Waals surface area (Å²) in [5.74, 6) is 1.43. The van der Waals surface area contributed by atoms with Gasteiger partial charge in [-0.15, -0.1) is 0 Å². The number of carbonyl (C=O) groups excluding carboxylic acids is 1. The molecule has 1 aromatic carbocycles. The number of nitrogens with zero attached hydrogens (tertiary/aromatic N) is 4. The standard InChI is InChI=1S/C19H22Cl2N6OS/c1-3-5-22-16-15-11-24-27(17(15)26-19(25-16)29-4-2)7-6-23-18(28)12-8-13(20)10-14(21)9-12/h8-11H,3-7H2,1-2H3,(H,23,28)(H,22,25,26). The van der Waals surface area contributed by atoms with Gasteiger partial charge in [-0.2, -0.15) is 5.10 Å². The highest BCUT2D eigenvalue weighted by atomic mass is 35.5. The Kier molecular flexibility index (Phi) is 7.57. The first-order valence-corrected chi connectivity index (χ1v) is 11.1. The molecule has 7 nitrogen and oxygen atoms in total. The van der Waals surface area contributed by atoms with E-state index in [1.165, 1.54) is 0 Å². The van der Waals surface area contributed by atoms with Gasteiger partial charge in [0.1, 0.15) is 5.82 Å². The quantitative estimate of drug-likeness (QED) is 0.367. The molecule has 3 rings (SSSR count). The molecule has 2 aromatic heterocycles. The fourth-order valence-electron chi connectivity index (χ4n) is 2.73. The van der Waals surface area contributed by atoms with Crippen LogP contribution in [-0.4, -0.2) is 44.5 Å². The maximum Gasteiger partial charge on any atom is 0.251 e. The van der Waals surface area contributed by atoms with Crippen molar-refractivity contribution in [2.75, 3.05) is 24.2 Å². The number of carbonyl (C=O) groups is 1. The minimum Gasteiger partial charge on any atom is -0.369 e. The van der Waals surface area contributed by atoms with Crippen molar-refractivity contribution >= 4 is 57.7 Å². The molecule has 29 heavy (non-hydrogen) atoms. The molecule has 154 valence electrons. The second kappa shape index (κ2) is 10.1. The molecule has 0 spiro atoms. The number of nitrogens with one attached hydrogen (secondary N) is 2. The molecule has 0 atom stereocenters. The van der Waals surface area contributed by atoms with Crippen LogP contribution in [0.1, 0.15) is 30.6 Å². The van der Waals surface area contributed by atoms with E-state index in [2.05, 4.69) is 39.5 Å². The minimum atomic E-state index is -0.243. The highest BCUT2D eigenvalue weighted by Gasteiger charge is 2.13. The molecule has 0 aliphatic heterocycles. The zero-order chi connectivity index (χ0) is 20.8. The first-order valence-electron chi connectivity index (χ1n) is 9.36. The monoisotopic (exact) mass is 452 g/mol. The third kappa shape index (κ3) is 5.52. The molecule has 0 aliphatic rings. The van der Waals surface area contributed by atoms with Gasteiger partial charge in [0.15, 0.2) is 10.8 Å². The van der Waals surface area contributed by atoms with Crippen LogP contribution in [-0.2, 0) is 6.54 Å². The Balaban J connectivity index is 1.74. The lowest BCUT2D eigenvalue weighted by Gasteiger charge is -2.09. The predicted molar refractivity (Wildman–Crippen MR) is 119 cm³/mol. The van der Waals surface area contributed by atoms with Gasteiger partial charge in [0.2, 0.25) is 0 Å². The van der Waals surface area contributed by atoms with Crippen molar-refractivity contribution in [1.82, 2.24) is 25.1 Å². The van der Waals surface area contributed by atoms with Crippen molar-refractivity contribution in [2.45, 2.75) is 32.0 Å². The van der Waals surface area contributed by atoms with E-state index < -0.39 is 0 Å². The van der Waals surface area contributed by atoms with Crippen LogP contribution in [0, 0.1) is 0 Å². The number of aromatic nitrogens is 4. The number of thioether (sulfide) groups is 1. The molecule has 0 saturated heterocycles. The van der Waals surface area contributed by atoms with Crippen LogP contribution in [0.25, 0.3) is 11.0 Å². The van der Waals surface area contributed by atoms with Crippen LogP contribution < -0.4 is 10.6 Å². The van der Waals surface area contributed by atoms with Crippen molar-refractivity contribution in [3.05, 3.63) is 40.0 Å². The van der Waals surface area contributed by atoms with Gasteiger partial charge in [0, 0.05) is 28.7 Å². The molecule has 0 fully saturated rings. The third-order valence-corrected chi connectivity index (χ3v) is 5.19. The molecule has 1 amide bonds. The van der Waals surface area contributed by atoms with E-state index in [0.29, 0.717) is 33.9 Å².